The van der Waals surface area contributed by atoms with Crippen LogP contribution in [0.15, 0.2) is 29.6 Å². The quantitative estimate of drug-likeness (QED) is 0.889. The monoisotopic (exact) mass is 289 g/mol. The highest BCUT2D eigenvalue weighted by atomic mass is 32.1. The molecule has 1 aromatic carbocycles. The molecule has 0 bridgehead atoms. The van der Waals surface area contributed by atoms with Crippen LogP contribution < -0.4 is 11.1 Å². The van der Waals surface area contributed by atoms with Gasteiger partial charge in [0.2, 0.25) is 5.91 Å². The van der Waals surface area contributed by atoms with Gasteiger partial charge in [-0.05, 0) is 17.0 Å². The Morgan fingerprint density at radius 2 is 2.05 bits per heavy atom. The van der Waals surface area contributed by atoms with Crippen LogP contribution in [0.5, 0.6) is 0 Å². The molecule has 20 heavy (non-hydrogen) atoms. The van der Waals surface area contributed by atoms with Gasteiger partial charge in [-0.25, -0.2) is 4.98 Å². The highest BCUT2D eigenvalue weighted by molar-refractivity contribution is 7.13. The molecule has 0 aliphatic heterocycles. The minimum atomic E-state index is -0.0387. The van der Waals surface area contributed by atoms with E-state index in [1.54, 1.807) is 0 Å². The van der Waals surface area contributed by atoms with Gasteiger partial charge in [-0.1, -0.05) is 38.1 Å². The zero-order chi connectivity index (χ0) is 14.5. The lowest BCUT2D eigenvalue weighted by Crippen LogP contribution is -2.24. The lowest BCUT2D eigenvalue weighted by Gasteiger charge is -2.08. The van der Waals surface area contributed by atoms with Crippen molar-refractivity contribution in [1.29, 1.82) is 0 Å². The van der Waals surface area contributed by atoms with Gasteiger partial charge in [-0.3, -0.25) is 4.79 Å². The molecular formula is C15H19N3OS. The topological polar surface area (TPSA) is 68.0 Å². The Bertz CT molecular complexity index is 575. The fourth-order valence-corrected chi connectivity index (χ4v) is 2.41. The number of anilines is 1. The summed E-state index contributed by atoms with van der Waals surface area (Å²) in [6.07, 6.45) is 0.276. The molecule has 0 fully saturated rings. The van der Waals surface area contributed by atoms with Gasteiger partial charge in [0, 0.05) is 11.9 Å². The van der Waals surface area contributed by atoms with Gasteiger partial charge in [0.1, 0.15) is 0 Å². The summed E-state index contributed by atoms with van der Waals surface area (Å²) in [5, 5.41) is 5.20. The molecule has 4 nitrogen and oxygen atoms in total. The number of benzene rings is 1. The number of rotatable bonds is 5. The van der Waals surface area contributed by atoms with E-state index in [-0.39, 0.29) is 12.3 Å². The van der Waals surface area contributed by atoms with Crippen molar-refractivity contribution in [3.63, 3.8) is 0 Å². The molecule has 0 saturated heterocycles. The van der Waals surface area contributed by atoms with E-state index in [0.29, 0.717) is 17.6 Å². The molecule has 2 rings (SSSR count). The van der Waals surface area contributed by atoms with Crippen LogP contribution in [0.25, 0.3) is 0 Å². The van der Waals surface area contributed by atoms with Crippen LogP contribution in [-0.2, 0) is 17.8 Å². The zero-order valence-electron chi connectivity index (χ0n) is 11.7. The fraction of sp³-hybridized carbons (Fsp3) is 0.333. The maximum atomic E-state index is 11.8. The molecule has 0 unspecified atom stereocenters. The highest BCUT2D eigenvalue weighted by Crippen LogP contribution is 2.15. The predicted octanol–water partition coefficient (Wildman–Crippen LogP) is 2.71. The summed E-state index contributed by atoms with van der Waals surface area (Å²) in [7, 11) is 0. The number of hydrogen-bond donors (Lipinski definition) is 2. The summed E-state index contributed by atoms with van der Waals surface area (Å²) < 4.78 is 0. The second kappa shape index (κ2) is 6.52. The average Bonchev–Trinajstić information content (AvgIpc) is 2.82. The number of amides is 1. The van der Waals surface area contributed by atoms with E-state index >= 15 is 0 Å². The largest absolute Gasteiger partial charge is 0.375 e. The van der Waals surface area contributed by atoms with Crippen molar-refractivity contribution in [3.8, 4) is 0 Å². The normalized spacial score (nSPS) is 10.8. The standard InChI is InChI=1S/C15H19N3OS/c1-10(2)12-5-3-11(4-6-12)8-17-14(19)7-13-9-20-15(16)18-13/h3-6,9-10H,7-8H2,1-2H3,(H2,16,18)(H,17,19). The molecule has 106 valence electrons. The number of carbonyl (C=O) groups is 1. The summed E-state index contributed by atoms with van der Waals surface area (Å²) in [6, 6.07) is 8.31. The van der Waals surface area contributed by atoms with Crippen LogP contribution in [0.1, 0.15) is 36.6 Å². The van der Waals surface area contributed by atoms with E-state index in [4.69, 9.17) is 5.73 Å². The van der Waals surface area contributed by atoms with Crippen LogP contribution in [0.4, 0.5) is 5.13 Å². The SMILES string of the molecule is CC(C)c1ccc(CNC(=O)Cc2csc(N)n2)cc1. The van der Waals surface area contributed by atoms with E-state index in [9.17, 15) is 4.79 Å². The Morgan fingerprint density at radius 3 is 2.60 bits per heavy atom. The molecule has 1 amide bonds. The molecule has 0 spiro atoms. The van der Waals surface area contributed by atoms with Gasteiger partial charge in [0.15, 0.2) is 5.13 Å². The lowest BCUT2D eigenvalue weighted by atomic mass is 10.0. The minimum Gasteiger partial charge on any atom is -0.375 e. The fourth-order valence-electron chi connectivity index (χ4n) is 1.85. The molecule has 0 radical (unpaired) electrons. The van der Waals surface area contributed by atoms with E-state index < -0.39 is 0 Å². The lowest BCUT2D eigenvalue weighted by molar-refractivity contribution is -0.120. The Kier molecular flexibility index (Phi) is 4.74. The van der Waals surface area contributed by atoms with Crippen LogP contribution in [0.3, 0.4) is 0 Å². The number of aromatic nitrogens is 1. The number of carbonyl (C=O) groups excluding carboxylic acids is 1. The molecule has 5 heteroatoms. The predicted molar refractivity (Wildman–Crippen MR) is 82.6 cm³/mol. The van der Waals surface area contributed by atoms with Crippen molar-refractivity contribution in [2.24, 2.45) is 0 Å². The molecule has 0 atom stereocenters. The summed E-state index contributed by atoms with van der Waals surface area (Å²) in [4.78, 5) is 15.9. The first-order valence-electron chi connectivity index (χ1n) is 6.60. The van der Waals surface area contributed by atoms with Gasteiger partial charge in [-0.15, -0.1) is 11.3 Å². The van der Waals surface area contributed by atoms with Crippen molar-refractivity contribution in [3.05, 3.63) is 46.5 Å². The minimum absolute atomic E-state index is 0.0387. The number of nitrogens with zero attached hydrogens (tertiary/aromatic N) is 1. The van der Waals surface area contributed by atoms with Crippen molar-refractivity contribution < 1.29 is 4.79 Å². The van der Waals surface area contributed by atoms with E-state index in [2.05, 4.69) is 48.4 Å². The maximum Gasteiger partial charge on any atom is 0.226 e. The maximum absolute atomic E-state index is 11.8. The van der Waals surface area contributed by atoms with Crippen LogP contribution in [-0.4, -0.2) is 10.9 Å². The van der Waals surface area contributed by atoms with Crippen LogP contribution >= 0.6 is 11.3 Å². The summed E-state index contributed by atoms with van der Waals surface area (Å²) in [6.45, 7) is 4.86. The Hall–Kier alpha value is -1.88. The van der Waals surface area contributed by atoms with Gasteiger partial charge in [0.25, 0.3) is 0 Å². The Balaban J connectivity index is 1.83. The molecule has 1 aromatic heterocycles. The van der Waals surface area contributed by atoms with Gasteiger partial charge >= 0.3 is 0 Å². The molecule has 1 heterocycles. The number of hydrogen-bond acceptors (Lipinski definition) is 4. The third-order valence-electron chi connectivity index (χ3n) is 3.05. The third-order valence-corrected chi connectivity index (χ3v) is 3.77. The molecule has 0 saturated carbocycles. The van der Waals surface area contributed by atoms with Crippen LogP contribution in [0, 0.1) is 0 Å². The summed E-state index contributed by atoms with van der Waals surface area (Å²) in [5.41, 5.74) is 8.66. The Morgan fingerprint density at radius 1 is 1.35 bits per heavy atom. The Labute approximate surface area is 123 Å². The third kappa shape index (κ3) is 4.06. The van der Waals surface area contributed by atoms with Gasteiger partial charge < -0.3 is 11.1 Å². The van der Waals surface area contributed by atoms with E-state index in [0.717, 1.165) is 11.3 Å². The van der Waals surface area contributed by atoms with Crippen molar-refractivity contribution >= 4 is 22.4 Å². The number of nitrogens with two attached hydrogens (primary N) is 1. The van der Waals surface area contributed by atoms with E-state index in [1.165, 1.54) is 16.9 Å². The second-order valence-corrected chi connectivity index (χ2v) is 5.92. The first-order valence-corrected chi connectivity index (χ1v) is 7.48. The summed E-state index contributed by atoms with van der Waals surface area (Å²) in [5.74, 6) is 0.483. The van der Waals surface area contributed by atoms with Crippen LogP contribution in [0.2, 0.25) is 0 Å². The van der Waals surface area contributed by atoms with Crippen molar-refractivity contribution in [1.82, 2.24) is 10.3 Å². The van der Waals surface area contributed by atoms with Crippen molar-refractivity contribution in [2.75, 3.05) is 5.73 Å². The first-order chi connectivity index (χ1) is 9.54. The smallest absolute Gasteiger partial charge is 0.226 e. The number of nitrogen functional groups attached to an aromatic ring is 1. The average molecular weight is 289 g/mol. The van der Waals surface area contributed by atoms with Gasteiger partial charge in [0.05, 0.1) is 12.1 Å². The number of nitrogens with one attached hydrogen (secondary N) is 1. The summed E-state index contributed by atoms with van der Waals surface area (Å²) >= 11 is 1.35. The second-order valence-electron chi connectivity index (χ2n) is 5.03. The number of thiazole rings is 1. The highest BCUT2D eigenvalue weighted by Gasteiger charge is 2.06. The molecular weight excluding hydrogens is 270 g/mol. The molecule has 3 N–H and O–H groups in total. The van der Waals surface area contributed by atoms with E-state index in [1.807, 2.05) is 5.38 Å². The van der Waals surface area contributed by atoms with Crippen molar-refractivity contribution in [2.45, 2.75) is 32.7 Å². The molecule has 0 aliphatic carbocycles. The van der Waals surface area contributed by atoms with Gasteiger partial charge in [-0.2, -0.15) is 0 Å². The zero-order valence-corrected chi connectivity index (χ0v) is 12.5. The molecule has 2 aromatic rings. The molecule has 0 aliphatic rings. The first kappa shape index (κ1) is 14.5.